The van der Waals surface area contributed by atoms with Crippen LogP contribution in [0.25, 0.3) is 10.9 Å². The zero-order chi connectivity index (χ0) is 24.1. The normalized spacial score (nSPS) is 24.2. The molecule has 5 heterocycles. The van der Waals surface area contributed by atoms with Gasteiger partial charge in [0.2, 0.25) is 0 Å². The maximum absolute atomic E-state index is 13.7. The molecule has 3 aromatic rings. The van der Waals surface area contributed by atoms with Gasteiger partial charge in [-0.05, 0) is 54.8 Å². The van der Waals surface area contributed by atoms with E-state index in [1.807, 2.05) is 22.9 Å². The largest absolute Gasteiger partial charge is 0.486 e. The second-order valence-electron chi connectivity index (χ2n) is 10.6. The predicted molar refractivity (Wildman–Crippen MR) is 134 cm³/mol. The molecule has 10 nitrogen and oxygen atoms in total. The maximum atomic E-state index is 13.7. The van der Waals surface area contributed by atoms with Gasteiger partial charge in [0.1, 0.15) is 19.3 Å². The van der Waals surface area contributed by atoms with Crippen molar-refractivity contribution in [1.29, 1.82) is 0 Å². The molecule has 2 atom stereocenters. The second kappa shape index (κ2) is 9.15. The molecular formula is C26H33N7O3. The molecule has 1 N–H and O–H groups in total. The number of hydrogen-bond acceptors (Lipinski definition) is 8. The van der Waals surface area contributed by atoms with Gasteiger partial charge in [-0.1, -0.05) is 19.3 Å². The number of nitrogens with zero attached hydrogens (tertiary/aromatic N) is 6. The molecular weight excluding hydrogens is 458 g/mol. The van der Waals surface area contributed by atoms with E-state index in [9.17, 15) is 4.79 Å². The average Bonchev–Trinajstić information content (AvgIpc) is 3.58. The van der Waals surface area contributed by atoms with Gasteiger partial charge in [0.05, 0.1) is 11.6 Å². The summed E-state index contributed by atoms with van der Waals surface area (Å²) in [7, 11) is 0. The Labute approximate surface area is 209 Å². The highest BCUT2D eigenvalue weighted by molar-refractivity contribution is 5.83. The number of piperazine rings is 1. The lowest BCUT2D eigenvalue weighted by Gasteiger charge is -2.41. The molecule has 10 heteroatoms. The molecule has 190 valence electrons. The number of rotatable bonds is 4. The van der Waals surface area contributed by atoms with Crippen molar-refractivity contribution in [2.45, 2.75) is 63.1 Å². The van der Waals surface area contributed by atoms with E-state index in [-0.39, 0.29) is 17.6 Å². The Morgan fingerprint density at radius 3 is 2.58 bits per heavy atom. The van der Waals surface area contributed by atoms with Crippen molar-refractivity contribution < 1.29 is 9.47 Å². The van der Waals surface area contributed by atoms with E-state index in [1.165, 1.54) is 38.6 Å². The number of tetrazole rings is 1. The molecule has 2 aromatic heterocycles. The highest BCUT2D eigenvalue weighted by Crippen LogP contribution is 2.37. The number of fused-ring (bicyclic) bond motifs is 3. The van der Waals surface area contributed by atoms with Crippen LogP contribution in [0.5, 0.6) is 11.5 Å². The first kappa shape index (κ1) is 22.2. The highest BCUT2D eigenvalue weighted by atomic mass is 16.6. The number of ether oxygens (including phenoxy) is 2. The molecule has 3 aliphatic heterocycles. The first-order valence-electron chi connectivity index (χ1n) is 13.5. The number of aromatic nitrogens is 5. The summed E-state index contributed by atoms with van der Waals surface area (Å²) in [6, 6.07) is 6.37. The van der Waals surface area contributed by atoms with Crippen LogP contribution in [0.2, 0.25) is 0 Å². The molecule has 2 saturated heterocycles. The van der Waals surface area contributed by atoms with Crippen molar-refractivity contribution >= 4 is 10.9 Å². The summed E-state index contributed by atoms with van der Waals surface area (Å²) >= 11 is 0. The molecule has 36 heavy (non-hydrogen) atoms. The summed E-state index contributed by atoms with van der Waals surface area (Å²) in [5, 5.41) is 14.1. The van der Waals surface area contributed by atoms with E-state index in [4.69, 9.17) is 9.47 Å². The summed E-state index contributed by atoms with van der Waals surface area (Å²) < 4.78 is 13.6. The quantitative estimate of drug-likeness (QED) is 0.595. The molecule has 0 radical (unpaired) electrons. The molecule has 1 aliphatic carbocycles. The van der Waals surface area contributed by atoms with Crippen LogP contribution in [0.1, 0.15) is 68.4 Å². The van der Waals surface area contributed by atoms with E-state index in [0.717, 1.165) is 55.0 Å². The summed E-state index contributed by atoms with van der Waals surface area (Å²) in [5.74, 6) is 2.18. The fourth-order valence-corrected chi connectivity index (χ4v) is 6.68. The lowest BCUT2D eigenvalue weighted by molar-refractivity contribution is 0.0778. The third-order valence-corrected chi connectivity index (χ3v) is 8.50. The Hall–Kier alpha value is -2.98. The van der Waals surface area contributed by atoms with Gasteiger partial charge >= 0.3 is 0 Å². The average molecular weight is 492 g/mol. The van der Waals surface area contributed by atoms with Crippen LogP contribution in [-0.2, 0) is 0 Å². The third-order valence-electron chi connectivity index (χ3n) is 8.50. The number of nitrogens with one attached hydrogen (secondary N) is 1. The van der Waals surface area contributed by atoms with Crippen molar-refractivity contribution in [3.8, 4) is 11.5 Å². The van der Waals surface area contributed by atoms with E-state index >= 15 is 0 Å². The standard InChI is InChI=1S/C26H33N7O3/c34-26-20(13-17-14-22-23(15-21(17)27-26)36-12-11-35-22)24(32-10-9-31-8-4-7-19(31)16-32)25-28-29-30-33(25)18-5-2-1-3-6-18/h13-15,18-19,24H,1-12,16H2,(H,27,34)/t19-,24-/m1/s1. The predicted octanol–water partition coefficient (Wildman–Crippen LogP) is 2.66. The summed E-state index contributed by atoms with van der Waals surface area (Å²) in [5.41, 5.74) is 1.34. The fraction of sp³-hybridized carbons (Fsp3) is 0.615. The van der Waals surface area contributed by atoms with Gasteiger partial charge in [0, 0.05) is 42.7 Å². The summed E-state index contributed by atoms with van der Waals surface area (Å²) in [4.78, 5) is 21.8. The second-order valence-corrected chi connectivity index (χ2v) is 10.6. The minimum absolute atomic E-state index is 0.101. The molecule has 7 rings (SSSR count). The minimum Gasteiger partial charge on any atom is -0.486 e. The summed E-state index contributed by atoms with van der Waals surface area (Å²) in [6.07, 6.45) is 8.26. The Balaban J connectivity index is 1.34. The van der Waals surface area contributed by atoms with Gasteiger partial charge in [-0.25, -0.2) is 4.68 Å². The van der Waals surface area contributed by atoms with Gasteiger partial charge in [-0.3, -0.25) is 14.6 Å². The van der Waals surface area contributed by atoms with Crippen LogP contribution in [0.15, 0.2) is 23.0 Å². The lowest BCUT2D eigenvalue weighted by Crippen LogP contribution is -2.52. The van der Waals surface area contributed by atoms with Crippen LogP contribution in [0, 0.1) is 0 Å². The van der Waals surface area contributed by atoms with Gasteiger partial charge < -0.3 is 14.5 Å². The van der Waals surface area contributed by atoms with Crippen molar-refractivity contribution in [3.63, 3.8) is 0 Å². The van der Waals surface area contributed by atoms with Crippen LogP contribution in [0.4, 0.5) is 0 Å². The van der Waals surface area contributed by atoms with E-state index in [2.05, 4.69) is 30.3 Å². The number of aromatic amines is 1. The van der Waals surface area contributed by atoms with Gasteiger partial charge in [-0.2, -0.15) is 0 Å². The molecule has 0 amide bonds. The Bertz CT molecular complexity index is 1310. The number of H-pyrrole nitrogens is 1. The molecule has 4 aliphatic rings. The number of benzene rings is 1. The van der Waals surface area contributed by atoms with Crippen LogP contribution in [-0.4, -0.2) is 80.4 Å². The molecule has 1 aromatic carbocycles. The Morgan fingerprint density at radius 1 is 0.917 bits per heavy atom. The first-order chi connectivity index (χ1) is 17.7. The van der Waals surface area contributed by atoms with Gasteiger partial charge in [-0.15, -0.1) is 5.10 Å². The number of hydrogen-bond donors (Lipinski definition) is 1. The first-order valence-corrected chi connectivity index (χ1v) is 13.5. The summed E-state index contributed by atoms with van der Waals surface area (Å²) in [6.45, 7) is 5.03. The van der Waals surface area contributed by atoms with E-state index in [1.54, 1.807) is 0 Å². The van der Waals surface area contributed by atoms with E-state index in [0.29, 0.717) is 30.6 Å². The SMILES string of the molecule is O=c1[nH]c2cc3c(cc2cc1[C@H](c1nnnn1C1CCCCC1)N1CCN2CCC[C@@H]2C1)OCCO3. The Morgan fingerprint density at radius 2 is 1.72 bits per heavy atom. The smallest absolute Gasteiger partial charge is 0.253 e. The van der Waals surface area contributed by atoms with Crippen LogP contribution in [0.3, 0.4) is 0 Å². The lowest BCUT2D eigenvalue weighted by atomic mass is 9.94. The van der Waals surface area contributed by atoms with Crippen molar-refractivity contribution in [3.05, 3.63) is 39.9 Å². The fourth-order valence-electron chi connectivity index (χ4n) is 6.68. The zero-order valence-corrected chi connectivity index (χ0v) is 20.6. The molecule has 1 saturated carbocycles. The maximum Gasteiger partial charge on any atom is 0.253 e. The van der Waals surface area contributed by atoms with Crippen molar-refractivity contribution in [1.82, 2.24) is 35.0 Å². The molecule has 0 bridgehead atoms. The molecule has 3 fully saturated rings. The highest BCUT2D eigenvalue weighted by Gasteiger charge is 2.38. The van der Waals surface area contributed by atoms with Crippen molar-refractivity contribution in [2.24, 2.45) is 0 Å². The zero-order valence-electron chi connectivity index (χ0n) is 20.6. The van der Waals surface area contributed by atoms with Crippen molar-refractivity contribution in [2.75, 3.05) is 39.4 Å². The van der Waals surface area contributed by atoms with E-state index < -0.39 is 0 Å². The van der Waals surface area contributed by atoms with Gasteiger partial charge in [0.15, 0.2) is 17.3 Å². The minimum atomic E-state index is -0.300. The molecule has 0 unspecified atom stereocenters. The topological polar surface area (TPSA) is 101 Å². The number of pyridine rings is 1. The third kappa shape index (κ3) is 3.87. The van der Waals surface area contributed by atoms with Crippen LogP contribution < -0.4 is 15.0 Å². The molecule has 0 spiro atoms. The van der Waals surface area contributed by atoms with Crippen LogP contribution >= 0.6 is 0 Å². The monoisotopic (exact) mass is 491 g/mol. The van der Waals surface area contributed by atoms with Gasteiger partial charge in [0.25, 0.3) is 5.56 Å². The Kier molecular flexibility index (Phi) is 5.65.